The number of nitrogens with zero attached hydrogens (tertiary/aromatic N) is 2. The van der Waals surface area contributed by atoms with Crippen LogP contribution in [-0.4, -0.2) is 66.2 Å². The molecule has 3 amide bonds. The number of carbonyl (C=O) groups excluding carboxylic acids is 4. The topological polar surface area (TPSA) is 138 Å². The van der Waals surface area contributed by atoms with Crippen LogP contribution in [0.2, 0.25) is 0 Å². The predicted molar refractivity (Wildman–Crippen MR) is 118 cm³/mol. The second kappa shape index (κ2) is 8.67. The fourth-order valence-electron chi connectivity index (χ4n) is 3.95. The van der Waals surface area contributed by atoms with Crippen molar-refractivity contribution in [1.82, 2.24) is 9.80 Å². The summed E-state index contributed by atoms with van der Waals surface area (Å²) in [4.78, 5) is 64.7. The molecule has 0 saturated carbocycles. The minimum atomic E-state index is -2.63. The number of carbonyl (C=O) groups is 5. The molecule has 0 spiro atoms. The number of β-lactam (4-membered cyclic amide) rings is 1. The van der Waals surface area contributed by atoms with E-state index in [1.54, 1.807) is 30.3 Å². The van der Waals surface area contributed by atoms with Crippen LogP contribution in [0.3, 0.4) is 0 Å². The van der Waals surface area contributed by atoms with E-state index in [9.17, 15) is 33.3 Å². The summed E-state index contributed by atoms with van der Waals surface area (Å²) >= 11 is -2.63. The maximum atomic E-state index is 13.2. The highest BCUT2D eigenvalue weighted by atomic mass is 32.2. The van der Waals surface area contributed by atoms with Gasteiger partial charge in [0.15, 0.2) is 17.5 Å². The van der Waals surface area contributed by atoms with Crippen LogP contribution in [0.4, 0.5) is 0 Å². The third-order valence-electron chi connectivity index (χ3n) is 5.50. The van der Waals surface area contributed by atoms with E-state index in [4.69, 9.17) is 4.18 Å². The molecule has 34 heavy (non-hydrogen) atoms. The molecule has 2 aliphatic rings. The first-order valence-electron chi connectivity index (χ1n) is 10.0. The monoisotopic (exact) mass is 482 g/mol. The molecular weight excluding hydrogens is 464 g/mol. The van der Waals surface area contributed by atoms with Gasteiger partial charge in [-0.25, -0.2) is 13.8 Å². The zero-order valence-corrected chi connectivity index (χ0v) is 18.6. The van der Waals surface area contributed by atoms with Gasteiger partial charge in [0, 0.05) is 0 Å². The Labute approximate surface area is 196 Å². The van der Waals surface area contributed by atoms with Gasteiger partial charge < -0.3 is 14.2 Å². The Kier molecular flexibility index (Phi) is 5.88. The number of hydrogen-bond donors (Lipinski definition) is 1. The number of carboxylic acids is 1. The standard InChI is InChI=1S/C23H18N2O8S/c1-12(2)16(22(29)30)25-20(28)17(24-18(26)14-10-6-7-11-15(14)19(24)27)21(25)34(32)33-23(31)13-8-4-3-5-9-13/h3-11,16-17,21H,1H2,2H3,(H,29,30)/t16-,17-,21-,34?/m1/s1. The maximum absolute atomic E-state index is 13.2. The van der Waals surface area contributed by atoms with E-state index >= 15 is 0 Å². The lowest BCUT2D eigenvalue weighted by atomic mass is 9.98. The number of likely N-dealkylation sites (tertiary alicyclic amines) is 1. The fourth-order valence-corrected chi connectivity index (χ4v) is 5.16. The molecular formula is C23H18N2O8S. The van der Waals surface area contributed by atoms with E-state index in [0.29, 0.717) is 9.80 Å². The van der Waals surface area contributed by atoms with Gasteiger partial charge in [-0.2, -0.15) is 0 Å². The van der Waals surface area contributed by atoms with Crippen molar-refractivity contribution >= 4 is 40.7 Å². The van der Waals surface area contributed by atoms with Gasteiger partial charge in [0.05, 0.1) is 16.7 Å². The number of rotatable bonds is 7. The highest BCUT2D eigenvalue weighted by Crippen LogP contribution is 2.37. The number of hydrogen-bond acceptors (Lipinski definition) is 7. The SMILES string of the molecule is C=C(C)[C@H](C(=O)O)N1C(=O)[C@@H](N2C(=O)c3ccccc3C2=O)[C@H]1S(=O)OC(=O)c1ccccc1. The molecule has 2 heterocycles. The lowest BCUT2D eigenvalue weighted by molar-refractivity contribution is -0.162. The Balaban J connectivity index is 1.70. The van der Waals surface area contributed by atoms with Gasteiger partial charge in [0.25, 0.3) is 17.7 Å². The average Bonchev–Trinajstić information content (AvgIpc) is 3.05. The smallest absolute Gasteiger partial charge is 0.352 e. The Morgan fingerprint density at radius 2 is 1.53 bits per heavy atom. The van der Waals surface area contributed by atoms with Crippen molar-refractivity contribution in [3.8, 4) is 0 Å². The average molecular weight is 482 g/mol. The Hall–Kier alpha value is -4.12. The van der Waals surface area contributed by atoms with E-state index in [2.05, 4.69) is 6.58 Å². The third-order valence-corrected chi connectivity index (χ3v) is 6.69. The van der Waals surface area contributed by atoms with Crippen molar-refractivity contribution < 1.29 is 37.5 Å². The molecule has 174 valence electrons. The molecule has 2 aromatic rings. The van der Waals surface area contributed by atoms with Gasteiger partial charge in [-0.3, -0.25) is 19.3 Å². The summed E-state index contributed by atoms with van der Waals surface area (Å²) in [6, 6.07) is 10.3. The number of fused-ring (bicyclic) bond motifs is 1. The van der Waals surface area contributed by atoms with Crippen molar-refractivity contribution in [3.63, 3.8) is 0 Å². The molecule has 1 N–H and O–H groups in total. The van der Waals surface area contributed by atoms with E-state index in [1.165, 1.54) is 31.2 Å². The maximum Gasteiger partial charge on any atom is 0.352 e. The number of amides is 3. The van der Waals surface area contributed by atoms with Gasteiger partial charge in [-0.05, 0) is 36.8 Å². The van der Waals surface area contributed by atoms with Crippen molar-refractivity contribution in [2.75, 3.05) is 0 Å². The van der Waals surface area contributed by atoms with Gasteiger partial charge in [0.1, 0.15) is 0 Å². The first-order chi connectivity index (χ1) is 16.1. The van der Waals surface area contributed by atoms with Gasteiger partial charge in [-0.15, -0.1) is 0 Å². The van der Waals surface area contributed by atoms with Crippen LogP contribution in [0.15, 0.2) is 66.7 Å². The van der Waals surface area contributed by atoms with Gasteiger partial charge in [-0.1, -0.05) is 36.9 Å². The molecule has 0 aliphatic carbocycles. The molecule has 10 nitrogen and oxygen atoms in total. The van der Waals surface area contributed by atoms with E-state index in [0.717, 1.165) is 0 Å². The number of benzene rings is 2. The Bertz CT molecular complexity index is 1230. The van der Waals surface area contributed by atoms with E-state index < -0.39 is 58.2 Å². The van der Waals surface area contributed by atoms with E-state index in [1.807, 2.05) is 0 Å². The van der Waals surface area contributed by atoms with E-state index in [-0.39, 0.29) is 22.3 Å². The normalized spacial score (nSPS) is 20.9. The van der Waals surface area contributed by atoms with Crippen molar-refractivity contribution in [1.29, 1.82) is 0 Å². The first-order valence-corrected chi connectivity index (χ1v) is 11.1. The summed E-state index contributed by atoms with van der Waals surface area (Å²) in [5.41, 5.74) is 0.219. The second-order valence-electron chi connectivity index (χ2n) is 7.69. The summed E-state index contributed by atoms with van der Waals surface area (Å²) in [6.45, 7) is 4.93. The number of aliphatic carboxylic acids is 1. The predicted octanol–water partition coefficient (Wildman–Crippen LogP) is 1.37. The third kappa shape index (κ3) is 3.59. The molecule has 0 bridgehead atoms. The van der Waals surface area contributed by atoms with Crippen molar-refractivity contribution in [2.45, 2.75) is 24.4 Å². The minimum absolute atomic E-state index is 0.0399. The van der Waals surface area contributed by atoms with Crippen molar-refractivity contribution in [2.24, 2.45) is 0 Å². The van der Waals surface area contributed by atoms with Crippen molar-refractivity contribution in [3.05, 3.63) is 83.4 Å². The van der Waals surface area contributed by atoms with Crippen LogP contribution >= 0.6 is 0 Å². The molecule has 0 radical (unpaired) electrons. The van der Waals surface area contributed by atoms with Crippen LogP contribution in [0, 0.1) is 0 Å². The summed E-state index contributed by atoms with van der Waals surface area (Å²) in [5.74, 6) is -4.96. The molecule has 1 unspecified atom stereocenters. The molecule has 2 aliphatic heterocycles. The summed E-state index contributed by atoms with van der Waals surface area (Å²) in [5, 5.41) is 8.03. The fraction of sp³-hybridized carbons (Fsp3) is 0.174. The van der Waals surface area contributed by atoms with Crippen LogP contribution in [0.1, 0.15) is 38.0 Å². The molecule has 2 aromatic carbocycles. The zero-order chi connectivity index (χ0) is 24.7. The quantitative estimate of drug-likeness (QED) is 0.355. The van der Waals surface area contributed by atoms with Crippen LogP contribution < -0.4 is 0 Å². The van der Waals surface area contributed by atoms with Gasteiger partial charge in [0.2, 0.25) is 11.1 Å². The molecule has 11 heteroatoms. The highest BCUT2D eigenvalue weighted by molar-refractivity contribution is 7.81. The molecule has 4 atom stereocenters. The molecule has 4 rings (SSSR count). The second-order valence-corrected chi connectivity index (χ2v) is 8.86. The number of imide groups is 1. The lowest BCUT2D eigenvalue weighted by Crippen LogP contribution is -2.76. The summed E-state index contributed by atoms with van der Waals surface area (Å²) in [7, 11) is 0. The van der Waals surface area contributed by atoms with Crippen LogP contribution in [-0.2, 0) is 24.9 Å². The first kappa shape index (κ1) is 23.1. The van der Waals surface area contributed by atoms with Gasteiger partial charge >= 0.3 is 11.9 Å². The lowest BCUT2D eigenvalue weighted by Gasteiger charge is -2.49. The summed E-state index contributed by atoms with van der Waals surface area (Å²) < 4.78 is 18.2. The largest absolute Gasteiger partial charge is 0.479 e. The van der Waals surface area contributed by atoms with Crippen LogP contribution in [0.5, 0.6) is 0 Å². The summed E-state index contributed by atoms with van der Waals surface area (Å²) in [6.07, 6.45) is 0. The molecule has 0 aromatic heterocycles. The minimum Gasteiger partial charge on any atom is -0.479 e. The molecule has 1 saturated heterocycles. The Morgan fingerprint density at radius 3 is 2.03 bits per heavy atom. The number of carboxylic acid groups (broad SMARTS) is 1. The zero-order valence-electron chi connectivity index (χ0n) is 17.7. The Morgan fingerprint density at radius 1 is 1.00 bits per heavy atom. The highest BCUT2D eigenvalue weighted by Gasteiger charge is 2.62. The van der Waals surface area contributed by atoms with Crippen LogP contribution in [0.25, 0.3) is 0 Å². The molecule has 1 fully saturated rings.